The lowest BCUT2D eigenvalue weighted by Crippen LogP contribution is -2.38. The number of hydrogen-bond donors (Lipinski definition) is 2. The maximum absolute atomic E-state index is 10.6. The second kappa shape index (κ2) is 4.11. The summed E-state index contributed by atoms with van der Waals surface area (Å²) in [4.78, 5) is 20.7. The second-order valence-corrected chi connectivity index (χ2v) is 1.90. The number of halogens is 1. The summed E-state index contributed by atoms with van der Waals surface area (Å²) in [6.07, 6.45) is 0. The van der Waals surface area contributed by atoms with E-state index in [0.717, 1.165) is 0 Å². The zero-order valence-corrected chi connectivity index (χ0v) is 6.05. The highest BCUT2D eigenvalue weighted by molar-refractivity contribution is 6.27. The summed E-state index contributed by atoms with van der Waals surface area (Å²) in [7, 11) is 0. The van der Waals surface area contributed by atoms with Crippen LogP contribution in [0.3, 0.4) is 0 Å². The van der Waals surface area contributed by atoms with Gasteiger partial charge in [-0.2, -0.15) is 0 Å². The third-order valence-electron chi connectivity index (χ3n) is 0.828. The number of hydrogen-bond acceptors (Lipinski definition) is 2. The van der Waals surface area contributed by atoms with E-state index < -0.39 is 23.8 Å². The minimum absolute atomic E-state index is 0.804. The summed E-state index contributed by atoms with van der Waals surface area (Å²) in [6.45, 7) is 1.29. The van der Waals surface area contributed by atoms with Gasteiger partial charge in [0.25, 0.3) is 0 Å². The van der Waals surface area contributed by atoms with Crippen molar-refractivity contribution < 1.29 is 16.1 Å². The van der Waals surface area contributed by atoms with Gasteiger partial charge in [0.15, 0.2) is 0 Å². The van der Waals surface area contributed by atoms with Gasteiger partial charge in [0, 0.05) is 0 Å². The molecular weight excluding hydrogens is 158 g/mol. The van der Waals surface area contributed by atoms with Crippen molar-refractivity contribution in [3.8, 4) is 0 Å². The molecule has 1 amide bonds. The van der Waals surface area contributed by atoms with Crippen LogP contribution >= 0.6 is 11.6 Å². The smallest absolute Gasteiger partial charge is 0.325 e. The topological polar surface area (TPSA) is 66.4 Å². The zero-order valence-electron chi connectivity index (χ0n) is 6.30. The van der Waals surface area contributed by atoms with Crippen molar-refractivity contribution in [3.63, 3.8) is 0 Å². The summed E-state index contributed by atoms with van der Waals surface area (Å²) in [5, 5.41) is 10.3. The lowest BCUT2D eigenvalue weighted by atomic mass is 10.3. The van der Waals surface area contributed by atoms with Gasteiger partial charge in [-0.25, -0.2) is 0 Å². The molecule has 0 aromatic heterocycles. The van der Waals surface area contributed by atoms with Gasteiger partial charge in [-0.3, -0.25) is 9.59 Å². The normalized spacial score (nSPS) is 16.8. The quantitative estimate of drug-likeness (QED) is 0.572. The highest BCUT2D eigenvalue weighted by atomic mass is 35.5. The average Bonchev–Trinajstić information content (AvgIpc) is 1.87. The molecule has 2 N–H and O–H groups in total. The van der Waals surface area contributed by atoms with E-state index in [4.69, 9.17) is 18.1 Å². The highest BCUT2D eigenvalue weighted by Gasteiger charge is 2.11. The van der Waals surface area contributed by atoms with E-state index in [-0.39, 0.29) is 0 Å². The van der Waals surface area contributed by atoms with Crippen LogP contribution in [0.25, 0.3) is 0 Å². The number of carboxylic acids is 1. The molecule has 0 aliphatic heterocycles. The molecule has 0 aromatic rings. The maximum Gasteiger partial charge on any atom is 0.325 e. The van der Waals surface area contributed by atoms with Crippen LogP contribution in [0.2, 0.25) is 0 Å². The Morgan fingerprint density at radius 3 is 2.70 bits per heavy atom. The SMILES string of the molecule is [2H]C(Cl)C(=O)N[C@@H](C)C(=O)O. The molecule has 0 aliphatic carbocycles. The molecule has 0 fully saturated rings. The number of amides is 1. The van der Waals surface area contributed by atoms with E-state index in [0.29, 0.717) is 0 Å². The van der Waals surface area contributed by atoms with E-state index >= 15 is 0 Å². The van der Waals surface area contributed by atoms with Gasteiger partial charge < -0.3 is 10.4 Å². The van der Waals surface area contributed by atoms with Crippen molar-refractivity contribution in [1.82, 2.24) is 5.32 Å². The minimum Gasteiger partial charge on any atom is -0.480 e. The first-order chi connectivity index (χ1) is 4.95. The van der Waals surface area contributed by atoms with E-state index in [2.05, 4.69) is 0 Å². The lowest BCUT2D eigenvalue weighted by Gasteiger charge is -2.05. The average molecular weight is 167 g/mol. The predicted molar refractivity (Wildman–Crippen MR) is 36.0 cm³/mol. The van der Waals surface area contributed by atoms with Crippen molar-refractivity contribution in [3.05, 3.63) is 0 Å². The molecule has 0 spiro atoms. The Hall–Kier alpha value is -0.770. The zero-order chi connectivity index (χ0) is 9.02. The Morgan fingerprint density at radius 2 is 2.40 bits per heavy atom. The molecule has 1 unspecified atom stereocenters. The molecule has 58 valence electrons. The second-order valence-electron chi connectivity index (χ2n) is 1.68. The van der Waals surface area contributed by atoms with Crippen molar-refractivity contribution in [2.75, 3.05) is 5.86 Å². The number of carbonyl (C=O) groups excluding carboxylic acids is 1. The van der Waals surface area contributed by atoms with Crippen LogP contribution in [0, 0.1) is 0 Å². The first kappa shape index (κ1) is 7.34. The monoisotopic (exact) mass is 166 g/mol. The number of nitrogens with one attached hydrogen (secondary N) is 1. The Bertz CT molecular complexity index is 173. The number of carboxylic acid groups (broad SMARTS) is 1. The maximum atomic E-state index is 10.6. The predicted octanol–water partition coefficient (Wildman–Crippen LogP) is -0.186. The summed E-state index contributed by atoms with van der Waals surface area (Å²) >= 11 is 5.04. The van der Waals surface area contributed by atoms with Crippen molar-refractivity contribution in [1.29, 1.82) is 0 Å². The standard InChI is InChI=1S/C5H8ClNO3/c1-3(5(9)10)7-4(8)2-6/h3H,2H2,1H3,(H,7,8)(H,9,10)/t3-/m0/s1/i2D/t2?,3-. The van der Waals surface area contributed by atoms with Crippen LogP contribution in [-0.2, 0) is 9.59 Å². The van der Waals surface area contributed by atoms with E-state index in [1.807, 2.05) is 5.32 Å². The fourth-order valence-corrected chi connectivity index (χ4v) is 0.370. The molecule has 5 heteroatoms. The Morgan fingerprint density at radius 1 is 1.90 bits per heavy atom. The highest BCUT2D eigenvalue weighted by Crippen LogP contribution is 1.82. The van der Waals surface area contributed by atoms with Gasteiger partial charge in [-0.05, 0) is 6.92 Å². The van der Waals surface area contributed by atoms with Crippen LogP contribution in [0.15, 0.2) is 0 Å². The van der Waals surface area contributed by atoms with Gasteiger partial charge >= 0.3 is 5.97 Å². The third-order valence-corrected chi connectivity index (χ3v) is 1.03. The molecule has 0 saturated carbocycles. The Kier molecular flexibility index (Phi) is 3.02. The number of alkyl halides is 1. The van der Waals surface area contributed by atoms with Crippen molar-refractivity contribution in [2.45, 2.75) is 13.0 Å². The molecule has 2 atom stereocenters. The first-order valence-electron chi connectivity index (χ1n) is 3.12. The van der Waals surface area contributed by atoms with E-state index in [1.54, 1.807) is 0 Å². The van der Waals surface area contributed by atoms with E-state index in [1.165, 1.54) is 6.92 Å². The van der Waals surface area contributed by atoms with Gasteiger partial charge in [-0.15, -0.1) is 11.6 Å². The van der Waals surface area contributed by atoms with Crippen LogP contribution in [0.4, 0.5) is 0 Å². The molecule has 0 radical (unpaired) electrons. The molecule has 0 rings (SSSR count). The summed E-state index contributed by atoms with van der Waals surface area (Å²) in [6, 6.07) is -1.01. The van der Waals surface area contributed by atoms with Crippen LogP contribution < -0.4 is 5.32 Å². The number of carbonyl (C=O) groups is 2. The molecule has 0 saturated heterocycles. The fourth-order valence-electron chi connectivity index (χ4n) is 0.307. The van der Waals surface area contributed by atoms with Gasteiger partial charge in [-0.1, -0.05) is 0 Å². The van der Waals surface area contributed by atoms with Crippen molar-refractivity contribution >= 4 is 23.5 Å². The molecule has 4 nitrogen and oxygen atoms in total. The number of aliphatic carboxylic acids is 1. The lowest BCUT2D eigenvalue weighted by molar-refractivity contribution is -0.140. The number of rotatable bonds is 3. The fraction of sp³-hybridized carbons (Fsp3) is 0.600. The van der Waals surface area contributed by atoms with Gasteiger partial charge in [0.05, 0.1) is 1.37 Å². The third kappa shape index (κ3) is 3.29. The molecule has 0 aromatic carbocycles. The molecule has 0 bridgehead atoms. The van der Waals surface area contributed by atoms with Gasteiger partial charge in [0.1, 0.15) is 11.9 Å². The van der Waals surface area contributed by atoms with Crippen LogP contribution in [0.5, 0.6) is 0 Å². The molecular formula is C5H8ClNO3. The largest absolute Gasteiger partial charge is 0.480 e. The van der Waals surface area contributed by atoms with E-state index in [9.17, 15) is 9.59 Å². The van der Waals surface area contributed by atoms with Gasteiger partial charge in [0.2, 0.25) is 5.91 Å². The molecule has 10 heavy (non-hydrogen) atoms. The molecule has 0 heterocycles. The van der Waals surface area contributed by atoms with Crippen molar-refractivity contribution in [2.24, 2.45) is 0 Å². The Labute approximate surface area is 64.6 Å². The van der Waals surface area contributed by atoms with Crippen LogP contribution in [-0.4, -0.2) is 28.9 Å². The van der Waals surface area contributed by atoms with Crippen LogP contribution in [0.1, 0.15) is 8.29 Å². The Balaban J connectivity index is 3.85. The summed E-state index contributed by atoms with van der Waals surface area (Å²) in [5.41, 5.74) is 0. The minimum atomic E-state index is -1.45. The summed E-state index contributed by atoms with van der Waals surface area (Å²) in [5.74, 6) is -3.41. The summed E-state index contributed by atoms with van der Waals surface area (Å²) < 4.78 is 6.68. The first-order valence-corrected chi connectivity index (χ1v) is 2.98. The molecule has 0 aliphatic rings.